The quantitative estimate of drug-likeness (QED) is 0.285. The van der Waals surface area contributed by atoms with Crippen molar-refractivity contribution in [2.24, 2.45) is 11.5 Å². The van der Waals surface area contributed by atoms with Gasteiger partial charge in [-0.2, -0.15) is 0 Å². The largest absolute Gasteiger partial charge is 0.353 e. The number of likely N-dealkylation sites (tertiary alicyclic amines) is 1. The number of rotatable bonds is 16. The van der Waals surface area contributed by atoms with Crippen molar-refractivity contribution in [2.75, 3.05) is 19.6 Å². The standard InChI is InChI=1S/C23H46N4O2.2ClH/c1-2-3-4-5-6-7-8-9-16-22(28)27-18-13-11-14-20(27)19-26-23(29)21(25)15-10-12-17-24;;/h20-21H,2-19,24-25H2,1H3,(H,26,29);2*1H. The fourth-order valence-corrected chi connectivity index (χ4v) is 4.08. The number of nitrogens with two attached hydrogens (primary N) is 2. The van der Waals surface area contributed by atoms with Crippen molar-refractivity contribution in [3.05, 3.63) is 0 Å². The van der Waals surface area contributed by atoms with Crippen LogP contribution in [0.25, 0.3) is 0 Å². The lowest BCUT2D eigenvalue weighted by molar-refractivity contribution is -0.135. The van der Waals surface area contributed by atoms with Crippen molar-refractivity contribution >= 4 is 36.6 Å². The number of carbonyl (C=O) groups is 2. The topological polar surface area (TPSA) is 101 Å². The molecule has 5 N–H and O–H groups in total. The summed E-state index contributed by atoms with van der Waals surface area (Å²) in [5, 5.41) is 2.98. The Morgan fingerprint density at radius 3 is 2.26 bits per heavy atom. The van der Waals surface area contributed by atoms with E-state index >= 15 is 0 Å². The number of hydrogen-bond donors (Lipinski definition) is 3. The molecule has 31 heavy (non-hydrogen) atoms. The van der Waals surface area contributed by atoms with E-state index in [9.17, 15) is 9.59 Å². The number of hydrogen-bond acceptors (Lipinski definition) is 4. The van der Waals surface area contributed by atoms with Crippen molar-refractivity contribution in [1.29, 1.82) is 0 Å². The number of nitrogens with zero attached hydrogens (tertiary/aromatic N) is 1. The van der Waals surface area contributed by atoms with E-state index in [0.29, 0.717) is 25.9 Å². The molecule has 0 spiro atoms. The van der Waals surface area contributed by atoms with Gasteiger partial charge < -0.3 is 21.7 Å². The Kier molecular flexibility index (Phi) is 22.4. The zero-order chi connectivity index (χ0) is 21.3. The molecule has 1 aliphatic rings. The van der Waals surface area contributed by atoms with Gasteiger partial charge in [0.15, 0.2) is 0 Å². The Labute approximate surface area is 202 Å². The second-order valence-corrected chi connectivity index (χ2v) is 8.60. The highest BCUT2D eigenvalue weighted by molar-refractivity contribution is 5.85. The number of amides is 2. The minimum Gasteiger partial charge on any atom is -0.353 e. The lowest BCUT2D eigenvalue weighted by Gasteiger charge is -2.36. The van der Waals surface area contributed by atoms with Gasteiger partial charge in [-0.25, -0.2) is 0 Å². The molecule has 1 heterocycles. The SMILES string of the molecule is CCCCCCCCCCC(=O)N1CCCCC1CNC(=O)C(N)CCCCN.Cl.Cl. The van der Waals surface area contributed by atoms with Crippen LogP contribution in [-0.2, 0) is 9.59 Å². The number of nitrogens with one attached hydrogen (secondary N) is 1. The first-order chi connectivity index (χ1) is 14.1. The fraction of sp³-hybridized carbons (Fsp3) is 0.913. The van der Waals surface area contributed by atoms with Crippen LogP contribution in [0.2, 0.25) is 0 Å². The molecular weight excluding hydrogens is 435 g/mol. The smallest absolute Gasteiger partial charge is 0.236 e. The zero-order valence-electron chi connectivity index (χ0n) is 19.6. The maximum Gasteiger partial charge on any atom is 0.236 e. The zero-order valence-corrected chi connectivity index (χ0v) is 21.3. The predicted octanol–water partition coefficient (Wildman–Crippen LogP) is 4.31. The van der Waals surface area contributed by atoms with Gasteiger partial charge >= 0.3 is 0 Å². The second-order valence-electron chi connectivity index (χ2n) is 8.60. The van der Waals surface area contributed by atoms with Crippen molar-refractivity contribution in [2.45, 2.75) is 115 Å². The molecular formula is C23H48Cl2N4O2. The third-order valence-electron chi connectivity index (χ3n) is 6.01. The molecule has 1 rings (SSSR count). The van der Waals surface area contributed by atoms with Crippen molar-refractivity contribution in [3.63, 3.8) is 0 Å². The van der Waals surface area contributed by atoms with E-state index in [0.717, 1.165) is 51.5 Å². The van der Waals surface area contributed by atoms with E-state index in [1.165, 1.54) is 38.5 Å². The summed E-state index contributed by atoms with van der Waals surface area (Å²) in [5.74, 6) is 0.144. The van der Waals surface area contributed by atoms with Gasteiger partial charge in [-0.1, -0.05) is 58.3 Å². The maximum absolute atomic E-state index is 12.7. The van der Waals surface area contributed by atoms with Gasteiger partial charge in [0.25, 0.3) is 0 Å². The molecule has 0 aromatic carbocycles. The molecule has 1 fully saturated rings. The van der Waals surface area contributed by atoms with Gasteiger partial charge in [-0.05, 0) is 45.1 Å². The predicted molar refractivity (Wildman–Crippen MR) is 135 cm³/mol. The molecule has 8 heteroatoms. The van der Waals surface area contributed by atoms with Crippen LogP contribution in [0.4, 0.5) is 0 Å². The molecule has 0 saturated carbocycles. The Morgan fingerprint density at radius 1 is 0.968 bits per heavy atom. The van der Waals surface area contributed by atoms with Gasteiger partial charge in [0, 0.05) is 25.6 Å². The van der Waals surface area contributed by atoms with Crippen LogP contribution in [0.3, 0.4) is 0 Å². The number of unbranched alkanes of at least 4 members (excludes halogenated alkanes) is 8. The van der Waals surface area contributed by atoms with Crippen LogP contribution < -0.4 is 16.8 Å². The van der Waals surface area contributed by atoms with E-state index in [1.54, 1.807) is 0 Å². The molecule has 6 nitrogen and oxygen atoms in total. The second kappa shape index (κ2) is 21.3. The van der Waals surface area contributed by atoms with Gasteiger partial charge in [0.2, 0.25) is 11.8 Å². The van der Waals surface area contributed by atoms with Crippen LogP contribution in [0.15, 0.2) is 0 Å². The molecule has 2 amide bonds. The summed E-state index contributed by atoms with van der Waals surface area (Å²) in [7, 11) is 0. The number of carbonyl (C=O) groups excluding carboxylic acids is 2. The third kappa shape index (κ3) is 15.0. The molecule has 0 aromatic heterocycles. The maximum atomic E-state index is 12.7. The molecule has 2 atom stereocenters. The summed E-state index contributed by atoms with van der Waals surface area (Å²) in [6.07, 6.45) is 16.1. The molecule has 0 aliphatic carbocycles. The summed E-state index contributed by atoms with van der Waals surface area (Å²) >= 11 is 0. The van der Waals surface area contributed by atoms with Gasteiger partial charge in [0.1, 0.15) is 0 Å². The first kappa shape index (κ1) is 32.6. The Hall–Kier alpha value is -0.560. The van der Waals surface area contributed by atoms with Crippen LogP contribution >= 0.6 is 24.8 Å². The van der Waals surface area contributed by atoms with Crippen LogP contribution in [0.5, 0.6) is 0 Å². The summed E-state index contributed by atoms with van der Waals surface area (Å²) in [4.78, 5) is 26.9. The first-order valence-corrected chi connectivity index (χ1v) is 12.1. The highest BCUT2D eigenvalue weighted by Gasteiger charge is 2.27. The van der Waals surface area contributed by atoms with Crippen molar-refractivity contribution in [1.82, 2.24) is 10.2 Å². The van der Waals surface area contributed by atoms with Gasteiger partial charge in [0.05, 0.1) is 6.04 Å². The normalized spacial score (nSPS) is 16.7. The minimum absolute atomic E-state index is 0. The van der Waals surface area contributed by atoms with Gasteiger partial charge in [-0.3, -0.25) is 9.59 Å². The Morgan fingerprint density at radius 2 is 1.61 bits per heavy atom. The molecule has 0 radical (unpaired) electrons. The number of halogens is 2. The highest BCUT2D eigenvalue weighted by Crippen LogP contribution is 2.19. The highest BCUT2D eigenvalue weighted by atomic mass is 35.5. The monoisotopic (exact) mass is 482 g/mol. The average molecular weight is 484 g/mol. The third-order valence-corrected chi connectivity index (χ3v) is 6.01. The lowest BCUT2D eigenvalue weighted by Crippen LogP contribution is -2.51. The van der Waals surface area contributed by atoms with Crippen molar-refractivity contribution < 1.29 is 9.59 Å². The van der Waals surface area contributed by atoms with Crippen LogP contribution in [0, 0.1) is 0 Å². The van der Waals surface area contributed by atoms with Gasteiger partial charge in [-0.15, -0.1) is 24.8 Å². The van der Waals surface area contributed by atoms with E-state index < -0.39 is 6.04 Å². The Balaban J connectivity index is 0. The minimum atomic E-state index is -0.480. The first-order valence-electron chi connectivity index (χ1n) is 12.1. The number of piperidine rings is 1. The fourth-order valence-electron chi connectivity index (χ4n) is 4.08. The summed E-state index contributed by atoms with van der Waals surface area (Å²) < 4.78 is 0. The van der Waals surface area contributed by atoms with Crippen molar-refractivity contribution in [3.8, 4) is 0 Å². The molecule has 0 aromatic rings. The van der Waals surface area contributed by atoms with E-state index in [1.807, 2.05) is 4.90 Å². The molecule has 2 unspecified atom stereocenters. The van der Waals surface area contributed by atoms with Crippen LogP contribution in [0.1, 0.15) is 103 Å². The summed E-state index contributed by atoms with van der Waals surface area (Å²) in [5.41, 5.74) is 11.5. The van der Waals surface area contributed by atoms with Crippen LogP contribution in [-0.4, -0.2) is 48.4 Å². The summed E-state index contributed by atoms with van der Waals surface area (Å²) in [6.45, 7) is 4.21. The summed E-state index contributed by atoms with van der Waals surface area (Å²) in [6, 6.07) is -0.364. The van der Waals surface area contributed by atoms with E-state index in [2.05, 4.69) is 12.2 Å². The van der Waals surface area contributed by atoms with E-state index in [4.69, 9.17) is 11.5 Å². The van der Waals surface area contributed by atoms with E-state index in [-0.39, 0.29) is 42.7 Å². The molecule has 1 saturated heterocycles. The Bertz CT molecular complexity index is 455. The average Bonchev–Trinajstić information content (AvgIpc) is 2.74. The molecule has 186 valence electrons. The molecule has 1 aliphatic heterocycles. The lowest BCUT2D eigenvalue weighted by atomic mass is 10.0. The molecule has 0 bridgehead atoms.